The van der Waals surface area contributed by atoms with E-state index in [1.54, 1.807) is 32.2 Å². The van der Waals surface area contributed by atoms with E-state index in [0.717, 1.165) is 0 Å². The van der Waals surface area contributed by atoms with Crippen molar-refractivity contribution in [2.75, 3.05) is 27.4 Å². The van der Waals surface area contributed by atoms with Gasteiger partial charge in [-0.1, -0.05) is 25.1 Å². The summed E-state index contributed by atoms with van der Waals surface area (Å²) in [6.45, 7) is 1.66. The van der Waals surface area contributed by atoms with Crippen molar-refractivity contribution in [2.24, 2.45) is 0 Å². The Morgan fingerprint density at radius 3 is 2.56 bits per heavy atom. The normalized spacial score (nSPS) is 25.7. The van der Waals surface area contributed by atoms with Gasteiger partial charge in [0.25, 0.3) is 5.69 Å². The van der Waals surface area contributed by atoms with Crippen LogP contribution in [0.5, 0.6) is 0 Å². The Labute approximate surface area is 158 Å². The van der Waals surface area contributed by atoms with E-state index >= 15 is 0 Å². The van der Waals surface area contributed by atoms with Crippen LogP contribution in [0.1, 0.15) is 18.4 Å². The largest absolute Gasteiger partial charge is 0.508 e. The molecule has 1 fully saturated rings. The molecule has 2 unspecified atom stereocenters. The molecule has 9 nitrogen and oxygen atoms in total. The van der Waals surface area contributed by atoms with Crippen molar-refractivity contribution < 1.29 is 33.4 Å². The predicted molar refractivity (Wildman–Crippen MR) is 97.6 cm³/mol. The van der Waals surface area contributed by atoms with Crippen LogP contribution in [0.2, 0.25) is 0 Å². The molecule has 0 radical (unpaired) electrons. The van der Waals surface area contributed by atoms with Gasteiger partial charge in [-0.3, -0.25) is 10.1 Å². The van der Waals surface area contributed by atoms with Crippen LogP contribution < -0.4 is 0 Å². The molecule has 2 rings (SSSR count). The van der Waals surface area contributed by atoms with Gasteiger partial charge in [0.15, 0.2) is 0 Å². The highest BCUT2D eigenvalue weighted by Gasteiger charge is 2.43. The van der Waals surface area contributed by atoms with Gasteiger partial charge in [-0.2, -0.15) is 0 Å². The van der Waals surface area contributed by atoms with Crippen LogP contribution in [0.3, 0.4) is 0 Å². The maximum absolute atomic E-state index is 11.9. The zero-order valence-corrected chi connectivity index (χ0v) is 15.8. The number of carbonyl (C=O) groups is 1. The van der Waals surface area contributed by atoms with Crippen molar-refractivity contribution in [3.63, 3.8) is 0 Å². The number of ether oxygens (including phenoxy) is 5. The zero-order valence-electron chi connectivity index (χ0n) is 15.8. The second kappa shape index (κ2) is 9.68. The molecule has 0 N–H and O–H groups in total. The minimum Gasteiger partial charge on any atom is -0.434 e. The molecule has 0 aliphatic carbocycles. The predicted octanol–water partition coefficient (Wildman–Crippen LogP) is 1.24. The molecule has 148 valence electrons. The van der Waals surface area contributed by atoms with E-state index in [1.165, 1.54) is 13.2 Å². The number of hydrogen-bond acceptors (Lipinski definition) is 8. The lowest BCUT2D eigenvalue weighted by Gasteiger charge is -2.20. The number of methoxy groups -OCH3 is 2. The Morgan fingerprint density at radius 2 is 1.93 bits per heavy atom. The molecule has 0 aromatic heterocycles. The first-order valence-electron chi connectivity index (χ1n) is 8.63. The molecule has 0 amide bonds. The van der Waals surface area contributed by atoms with E-state index in [2.05, 4.69) is 0 Å². The maximum Gasteiger partial charge on any atom is 0.508 e. The molecular formula is C17H24BNO8. The highest BCUT2D eigenvalue weighted by Crippen LogP contribution is 2.27. The summed E-state index contributed by atoms with van der Waals surface area (Å²) >= 11 is 0. The molecule has 5 atom stereocenters. The number of benzene rings is 1. The summed E-state index contributed by atoms with van der Waals surface area (Å²) < 4.78 is 26.6. The first-order chi connectivity index (χ1) is 12.9. The number of para-hydroxylation sites is 1. The smallest absolute Gasteiger partial charge is 0.434 e. The SMILES string of the molecule is B[C@@H]1O[C@H](COC(=O)OCC(C)c2ccccc2[N+](=O)[O-])C(OC)[C@@H]1OC. The molecule has 0 spiro atoms. The lowest BCUT2D eigenvalue weighted by molar-refractivity contribution is -0.385. The highest BCUT2D eigenvalue weighted by atomic mass is 16.7. The van der Waals surface area contributed by atoms with Gasteiger partial charge < -0.3 is 23.7 Å². The van der Waals surface area contributed by atoms with E-state index in [1.807, 2.05) is 7.85 Å². The summed E-state index contributed by atoms with van der Waals surface area (Å²) in [4.78, 5) is 22.5. The minimum absolute atomic E-state index is 0.0103. The number of carbonyl (C=O) groups excluding carboxylic acids is 1. The second-order valence-corrected chi connectivity index (χ2v) is 6.37. The van der Waals surface area contributed by atoms with Crippen molar-refractivity contribution in [1.29, 1.82) is 0 Å². The molecule has 1 saturated heterocycles. The molecule has 0 saturated carbocycles. The third-order valence-electron chi connectivity index (χ3n) is 4.57. The molecule has 1 aromatic carbocycles. The molecule has 10 heteroatoms. The van der Waals surface area contributed by atoms with Gasteiger partial charge in [-0.25, -0.2) is 4.79 Å². The third-order valence-corrected chi connectivity index (χ3v) is 4.57. The van der Waals surface area contributed by atoms with Gasteiger partial charge in [0.1, 0.15) is 39.4 Å². The topological polar surface area (TPSA) is 106 Å². The standard InChI is InChI=1S/C17H24BNO8/c1-10(11-6-4-5-7-12(11)19(21)22)8-25-17(20)26-9-13-14(23-2)15(24-3)16(18)27-13/h4-7,10,13-16H,8-9,18H2,1-3H3/t10?,13-,14?,15+,16-/m1/s1. The fourth-order valence-corrected chi connectivity index (χ4v) is 3.20. The van der Waals surface area contributed by atoms with E-state index in [9.17, 15) is 14.9 Å². The van der Waals surface area contributed by atoms with Crippen molar-refractivity contribution in [3.05, 3.63) is 39.9 Å². The van der Waals surface area contributed by atoms with Crippen LogP contribution in [0.15, 0.2) is 24.3 Å². The van der Waals surface area contributed by atoms with E-state index in [-0.39, 0.29) is 43.0 Å². The van der Waals surface area contributed by atoms with Crippen molar-refractivity contribution in [2.45, 2.75) is 37.2 Å². The van der Waals surface area contributed by atoms with Crippen LogP contribution in [0.25, 0.3) is 0 Å². The quantitative estimate of drug-likeness (QED) is 0.287. The lowest BCUT2D eigenvalue weighted by atomic mass is 9.93. The summed E-state index contributed by atoms with van der Waals surface area (Å²) in [5, 5.41) is 11.1. The summed E-state index contributed by atoms with van der Waals surface area (Å²) in [5.41, 5.74) is 0.481. The van der Waals surface area contributed by atoms with Gasteiger partial charge in [-0.05, 0) is 0 Å². The highest BCUT2D eigenvalue weighted by molar-refractivity contribution is 6.11. The maximum atomic E-state index is 11.9. The molecule has 1 aliphatic heterocycles. The number of rotatable bonds is 8. The Bertz CT molecular complexity index is 658. The molecule has 1 heterocycles. The van der Waals surface area contributed by atoms with Gasteiger partial charge >= 0.3 is 6.16 Å². The second-order valence-electron chi connectivity index (χ2n) is 6.37. The fraction of sp³-hybridized carbons (Fsp3) is 0.588. The van der Waals surface area contributed by atoms with E-state index in [4.69, 9.17) is 23.7 Å². The Balaban J connectivity index is 1.84. The fourth-order valence-electron chi connectivity index (χ4n) is 3.20. The number of nitrogens with zero attached hydrogens (tertiary/aromatic N) is 1. The molecular weight excluding hydrogens is 357 g/mol. The first-order valence-corrected chi connectivity index (χ1v) is 8.63. The lowest BCUT2D eigenvalue weighted by Crippen LogP contribution is -2.38. The van der Waals surface area contributed by atoms with Crippen LogP contribution in [0.4, 0.5) is 10.5 Å². The van der Waals surface area contributed by atoms with E-state index in [0.29, 0.717) is 5.56 Å². The monoisotopic (exact) mass is 381 g/mol. The Hall–Kier alpha value is -2.17. The summed E-state index contributed by atoms with van der Waals surface area (Å²) in [7, 11) is 4.96. The first kappa shape index (κ1) is 21.1. The van der Waals surface area contributed by atoms with Gasteiger partial charge in [0.05, 0.1) is 10.9 Å². The van der Waals surface area contributed by atoms with Crippen molar-refractivity contribution in [3.8, 4) is 0 Å². The van der Waals surface area contributed by atoms with Gasteiger partial charge in [0, 0.05) is 31.8 Å². The number of nitro groups is 1. The summed E-state index contributed by atoms with van der Waals surface area (Å²) in [5.74, 6) is -0.355. The Kier molecular flexibility index (Phi) is 7.58. The van der Waals surface area contributed by atoms with Crippen molar-refractivity contribution >= 4 is 19.7 Å². The zero-order chi connectivity index (χ0) is 20.0. The minimum atomic E-state index is -0.868. The van der Waals surface area contributed by atoms with Crippen LogP contribution in [-0.4, -0.2) is 70.7 Å². The van der Waals surface area contributed by atoms with Crippen molar-refractivity contribution in [1.82, 2.24) is 0 Å². The van der Waals surface area contributed by atoms with Gasteiger partial charge in [0.2, 0.25) is 0 Å². The van der Waals surface area contributed by atoms with Crippen LogP contribution >= 0.6 is 0 Å². The van der Waals surface area contributed by atoms with Gasteiger partial charge in [-0.15, -0.1) is 0 Å². The average molecular weight is 381 g/mol. The summed E-state index contributed by atoms with van der Waals surface area (Å²) in [6.07, 6.45) is -1.94. The number of nitro benzene ring substituents is 1. The van der Waals surface area contributed by atoms with Crippen LogP contribution in [0, 0.1) is 10.1 Å². The van der Waals surface area contributed by atoms with E-state index < -0.39 is 17.2 Å². The number of hydrogen-bond donors (Lipinski definition) is 0. The molecule has 27 heavy (non-hydrogen) atoms. The molecule has 1 aromatic rings. The summed E-state index contributed by atoms with van der Waals surface area (Å²) in [6, 6.07) is 6.15. The molecule has 1 aliphatic rings. The third kappa shape index (κ3) is 5.18. The van der Waals surface area contributed by atoms with Crippen LogP contribution in [-0.2, 0) is 23.7 Å². The average Bonchev–Trinajstić information content (AvgIpc) is 2.98. The molecule has 0 bridgehead atoms. The Morgan fingerprint density at radius 1 is 1.26 bits per heavy atom.